The standard InChI is InChI=1S/C48H56N2O10/c1-3-22-57-48-44(50(47(54)33-15-16-33)28-31-14-18-42-43(24-31)56-30-55-42)27-40(49-58-4-2)38-25-34(11-5-7-20-51)37(13-6-8-21-52)45(46(38)48)39-26-36(17-19-41(39)60-48)59-35-12-9-10-32(23-35)29-53/h3,9-10,12,14,17-19,23-26,29,33-34,37,44-46,51-52H,1,4-8,11,13,15-16,20-22,27-28,30H2,2H3. The smallest absolute Gasteiger partial charge is 0.239 e. The molecule has 6 atom stereocenters. The lowest BCUT2D eigenvalue weighted by molar-refractivity contribution is -0.258. The maximum atomic E-state index is 14.8. The Morgan fingerprint density at radius 2 is 1.75 bits per heavy atom. The molecule has 3 aromatic carbocycles. The Labute approximate surface area is 351 Å². The Bertz CT molecular complexity index is 2100. The molecule has 0 radical (unpaired) electrons. The van der Waals surface area contributed by atoms with E-state index in [2.05, 4.69) is 12.7 Å². The van der Waals surface area contributed by atoms with Crippen molar-refractivity contribution in [3.63, 3.8) is 0 Å². The number of benzene rings is 3. The number of carbonyl (C=O) groups excluding carboxylic acids is 2. The van der Waals surface area contributed by atoms with E-state index >= 15 is 0 Å². The number of allylic oxidation sites excluding steroid dienone is 1. The molecule has 2 saturated carbocycles. The molecule has 0 aromatic heterocycles. The Morgan fingerprint density at radius 3 is 2.52 bits per heavy atom. The van der Waals surface area contributed by atoms with Gasteiger partial charge in [0.05, 0.1) is 18.2 Å². The van der Waals surface area contributed by atoms with E-state index in [0.29, 0.717) is 60.2 Å². The summed E-state index contributed by atoms with van der Waals surface area (Å²) < 4.78 is 32.4. The van der Waals surface area contributed by atoms with Gasteiger partial charge in [0, 0.05) is 49.1 Å². The summed E-state index contributed by atoms with van der Waals surface area (Å²) in [6, 6.07) is 18.1. The highest BCUT2D eigenvalue weighted by atomic mass is 16.7. The molecule has 3 aromatic rings. The van der Waals surface area contributed by atoms with Crippen LogP contribution >= 0.6 is 0 Å². The minimum absolute atomic E-state index is 0.0341. The normalized spacial score (nSPS) is 25.4. The van der Waals surface area contributed by atoms with Crippen molar-refractivity contribution in [1.82, 2.24) is 4.90 Å². The maximum absolute atomic E-state index is 14.8. The second-order valence-corrected chi connectivity index (χ2v) is 16.4. The molecule has 318 valence electrons. The fourth-order valence-corrected chi connectivity index (χ4v) is 9.78. The summed E-state index contributed by atoms with van der Waals surface area (Å²) in [6.07, 6.45) is 11.4. The van der Waals surface area contributed by atoms with Crippen LogP contribution in [0.3, 0.4) is 0 Å². The number of oxime groups is 1. The minimum atomic E-state index is -1.38. The van der Waals surface area contributed by atoms with E-state index in [1.54, 1.807) is 24.3 Å². The van der Waals surface area contributed by atoms with Gasteiger partial charge in [0.25, 0.3) is 0 Å². The van der Waals surface area contributed by atoms with E-state index in [1.165, 1.54) is 0 Å². The number of unbranched alkanes of at least 4 members (excludes halogenated alkanes) is 2. The van der Waals surface area contributed by atoms with Crippen LogP contribution in [0.25, 0.3) is 0 Å². The van der Waals surface area contributed by atoms with Gasteiger partial charge in [0.2, 0.25) is 18.5 Å². The summed E-state index contributed by atoms with van der Waals surface area (Å²) in [6.45, 7) is 7.11. The molecule has 2 fully saturated rings. The first kappa shape index (κ1) is 41.6. The predicted molar refractivity (Wildman–Crippen MR) is 224 cm³/mol. The van der Waals surface area contributed by atoms with Crippen molar-refractivity contribution >= 4 is 17.9 Å². The first-order valence-electron chi connectivity index (χ1n) is 21.5. The number of aliphatic hydroxyl groups excluding tert-OH is 2. The van der Waals surface area contributed by atoms with Crippen molar-refractivity contribution in [2.45, 2.75) is 89.0 Å². The topological polar surface area (TPSA) is 146 Å². The number of rotatable bonds is 20. The molecule has 0 bridgehead atoms. The van der Waals surface area contributed by atoms with Gasteiger partial charge >= 0.3 is 0 Å². The average molecular weight is 821 g/mol. The minimum Gasteiger partial charge on any atom is -0.459 e. The quantitative estimate of drug-likeness (QED) is 0.0496. The van der Waals surface area contributed by atoms with Gasteiger partial charge in [0.15, 0.2) is 11.5 Å². The highest BCUT2D eigenvalue weighted by Crippen LogP contribution is 2.62. The third kappa shape index (κ3) is 8.42. The molecule has 1 amide bonds. The molecule has 2 N–H and O–H groups in total. The number of nitrogens with zero attached hydrogens (tertiary/aromatic N) is 2. The molecule has 5 aliphatic rings. The van der Waals surface area contributed by atoms with E-state index < -0.39 is 17.7 Å². The summed E-state index contributed by atoms with van der Waals surface area (Å²) >= 11 is 0. The molecule has 2 aliphatic heterocycles. The van der Waals surface area contributed by atoms with Crippen LogP contribution in [-0.2, 0) is 20.9 Å². The second kappa shape index (κ2) is 18.6. The van der Waals surface area contributed by atoms with Gasteiger partial charge in [-0.3, -0.25) is 9.59 Å². The van der Waals surface area contributed by atoms with Gasteiger partial charge in [-0.15, -0.1) is 6.58 Å². The van der Waals surface area contributed by atoms with Crippen molar-refractivity contribution in [2.24, 2.45) is 28.8 Å². The SMILES string of the molecule is C=CCOC12Oc3ccc(Oc4cccc(C=O)c4)cc3C3C(CCCCO)C(CCCCO)C=C(C(=NOCC)CC1N(Cc1ccc4c(c1)OCO4)C(=O)C1CC1)C32. The van der Waals surface area contributed by atoms with Crippen LogP contribution in [0.4, 0.5) is 0 Å². The largest absolute Gasteiger partial charge is 0.459 e. The van der Waals surface area contributed by atoms with Gasteiger partial charge in [-0.2, -0.15) is 0 Å². The number of ether oxygens (including phenoxy) is 5. The van der Waals surface area contributed by atoms with Gasteiger partial charge < -0.3 is 43.6 Å². The zero-order valence-electron chi connectivity index (χ0n) is 34.3. The monoisotopic (exact) mass is 820 g/mol. The number of amides is 1. The molecule has 0 saturated heterocycles. The van der Waals surface area contributed by atoms with Crippen LogP contribution in [0.15, 0.2) is 90.1 Å². The molecule has 12 heteroatoms. The molecular formula is C48H56N2O10. The lowest BCUT2D eigenvalue weighted by Crippen LogP contribution is -2.70. The van der Waals surface area contributed by atoms with Gasteiger partial charge in [-0.25, -0.2) is 0 Å². The lowest BCUT2D eigenvalue weighted by Gasteiger charge is -2.60. The van der Waals surface area contributed by atoms with Crippen LogP contribution in [0, 0.1) is 23.7 Å². The predicted octanol–water partition coefficient (Wildman–Crippen LogP) is 8.11. The van der Waals surface area contributed by atoms with Gasteiger partial charge in [0.1, 0.15) is 36.2 Å². The third-order valence-corrected chi connectivity index (χ3v) is 12.6. The summed E-state index contributed by atoms with van der Waals surface area (Å²) in [5.41, 5.74) is 4.06. The number of fused-ring (bicyclic) bond motifs is 3. The fourth-order valence-electron chi connectivity index (χ4n) is 9.78. The zero-order chi connectivity index (χ0) is 41.6. The molecule has 2 heterocycles. The summed E-state index contributed by atoms with van der Waals surface area (Å²) in [5.74, 6) is 1.09. The number of aldehydes is 1. The Morgan fingerprint density at radius 1 is 0.967 bits per heavy atom. The van der Waals surface area contributed by atoms with Crippen LogP contribution in [0.2, 0.25) is 0 Å². The van der Waals surface area contributed by atoms with E-state index in [0.717, 1.165) is 67.2 Å². The maximum Gasteiger partial charge on any atom is 0.239 e. The van der Waals surface area contributed by atoms with Crippen molar-refractivity contribution < 1.29 is 48.3 Å². The number of hydrogen-bond acceptors (Lipinski definition) is 11. The van der Waals surface area contributed by atoms with Gasteiger partial charge in [-0.1, -0.05) is 48.3 Å². The zero-order valence-corrected chi connectivity index (χ0v) is 34.3. The van der Waals surface area contributed by atoms with Gasteiger partial charge in [-0.05, 0) is 111 Å². The van der Waals surface area contributed by atoms with E-state index in [4.69, 9.17) is 33.7 Å². The Kier molecular flexibility index (Phi) is 12.9. The molecule has 3 aliphatic carbocycles. The molecular weight excluding hydrogens is 765 g/mol. The summed E-state index contributed by atoms with van der Waals surface area (Å²) in [4.78, 5) is 34.3. The van der Waals surface area contributed by atoms with E-state index in [1.807, 2.05) is 54.3 Å². The van der Waals surface area contributed by atoms with Crippen LogP contribution in [-0.4, -0.2) is 78.1 Å². The van der Waals surface area contributed by atoms with Crippen LogP contribution < -0.4 is 18.9 Å². The van der Waals surface area contributed by atoms with Crippen molar-refractivity contribution in [3.8, 4) is 28.7 Å². The Hall–Kier alpha value is -5.17. The molecule has 8 rings (SSSR count). The Balaban J connectivity index is 1.32. The highest BCUT2D eigenvalue weighted by molar-refractivity contribution is 6.03. The summed E-state index contributed by atoms with van der Waals surface area (Å²) in [7, 11) is 0. The molecule has 6 unspecified atom stereocenters. The number of carbonyl (C=O) groups is 2. The fraction of sp³-hybridized carbons (Fsp3) is 0.479. The number of hydrogen-bond donors (Lipinski definition) is 2. The molecule has 12 nitrogen and oxygen atoms in total. The van der Waals surface area contributed by atoms with Crippen molar-refractivity contribution in [2.75, 3.05) is 33.2 Å². The lowest BCUT2D eigenvalue weighted by atomic mass is 9.55. The highest BCUT2D eigenvalue weighted by Gasteiger charge is 2.66. The van der Waals surface area contributed by atoms with Crippen LogP contribution in [0.5, 0.6) is 28.7 Å². The van der Waals surface area contributed by atoms with E-state index in [-0.39, 0.29) is 62.7 Å². The van der Waals surface area contributed by atoms with Crippen molar-refractivity contribution in [1.29, 1.82) is 0 Å². The summed E-state index contributed by atoms with van der Waals surface area (Å²) in [5, 5.41) is 24.7. The third-order valence-electron chi connectivity index (χ3n) is 12.6. The average Bonchev–Trinajstić information content (AvgIpc) is 4.02. The molecule has 0 spiro atoms. The first-order valence-corrected chi connectivity index (χ1v) is 21.5. The first-order chi connectivity index (χ1) is 29.4. The second-order valence-electron chi connectivity index (χ2n) is 16.4. The molecule has 60 heavy (non-hydrogen) atoms. The van der Waals surface area contributed by atoms with Crippen LogP contribution in [0.1, 0.15) is 92.1 Å². The van der Waals surface area contributed by atoms with Crippen molar-refractivity contribution in [3.05, 3.63) is 102 Å². The van der Waals surface area contributed by atoms with E-state index in [9.17, 15) is 19.8 Å². The number of aliphatic hydroxyl groups is 2.